The number of thiazole rings is 1. The third kappa shape index (κ3) is 2.70. The molecule has 3 heterocycles. The van der Waals surface area contributed by atoms with Gasteiger partial charge in [-0.2, -0.15) is 0 Å². The number of esters is 2. The molecule has 0 unspecified atom stereocenters. The summed E-state index contributed by atoms with van der Waals surface area (Å²) in [7, 11) is 0. The van der Waals surface area contributed by atoms with Crippen LogP contribution in [0.4, 0.5) is 5.13 Å². The summed E-state index contributed by atoms with van der Waals surface area (Å²) < 4.78 is 16.4. The van der Waals surface area contributed by atoms with Gasteiger partial charge in [0.1, 0.15) is 6.10 Å². The molecule has 2 aliphatic heterocycles. The number of cyclic esters (lactones) is 2. The van der Waals surface area contributed by atoms with Crippen molar-refractivity contribution in [2.75, 3.05) is 12.3 Å². The SMILES string of the molecule is CC(C)OC[C@H]1C[C@]2(C[C@@](C)(c3csc(N)n3)OC2=O)C(=O)O1. The second kappa shape index (κ2) is 5.45. The minimum Gasteiger partial charge on any atom is -0.459 e. The van der Waals surface area contributed by atoms with Crippen LogP contribution in [0, 0.1) is 5.41 Å². The van der Waals surface area contributed by atoms with E-state index >= 15 is 0 Å². The summed E-state index contributed by atoms with van der Waals surface area (Å²) in [6, 6.07) is 0. The van der Waals surface area contributed by atoms with E-state index in [-0.39, 0.29) is 25.6 Å². The molecule has 2 N–H and O–H groups in total. The van der Waals surface area contributed by atoms with Crippen molar-refractivity contribution in [2.45, 2.75) is 51.4 Å². The highest BCUT2D eigenvalue weighted by molar-refractivity contribution is 7.13. The van der Waals surface area contributed by atoms with Crippen molar-refractivity contribution >= 4 is 28.4 Å². The van der Waals surface area contributed by atoms with Crippen LogP contribution < -0.4 is 5.73 Å². The van der Waals surface area contributed by atoms with E-state index in [0.717, 1.165) is 0 Å². The molecule has 3 atom stereocenters. The number of aromatic nitrogens is 1. The minimum atomic E-state index is -1.27. The second-order valence-corrected chi connectivity index (χ2v) is 7.45. The van der Waals surface area contributed by atoms with Gasteiger partial charge in [-0.15, -0.1) is 11.3 Å². The summed E-state index contributed by atoms with van der Waals surface area (Å²) in [5.74, 6) is -1.09. The molecule has 1 spiro atoms. The fourth-order valence-corrected chi connectivity index (χ4v) is 3.83. The predicted molar refractivity (Wildman–Crippen MR) is 82.6 cm³/mol. The molecule has 0 saturated carbocycles. The number of nitrogens with two attached hydrogens (primary N) is 1. The zero-order valence-corrected chi connectivity index (χ0v) is 14.1. The van der Waals surface area contributed by atoms with E-state index in [1.807, 2.05) is 13.8 Å². The number of hydrogen-bond donors (Lipinski definition) is 1. The normalized spacial score (nSPS) is 33.5. The molecule has 126 valence electrons. The van der Waals surface area contributed by atoms with E-state index in [9.17, 15) is 9.59 Å². The number of nitrogens with zero attached hydrogens (tertiary/aromatic N) is 1. The lowest BCUT2D eigenvalue weighted by Crippen LogP contribution is -2.32. The molecule has 1 aromatic heterocycles. The third-order valence-electron chi connectivity index (χ3n) is 4.27. The third-order valence-corrected chi connectivity index (χ3v) is 4.94. The van der Waals surface area contributed by atoms with Gasteiger partial charge in [0.05, 0.1) is 18.4 Å². The van der Waals surface area contributed by atoms with E-state index in [1.165, 1.54) is 11.3 Å². The smallest absolute Gasteiger partial charge is 0.324 e. The van der Waals surface area contributed by atoms with E-state index in [0.29, 0.717) is 10.8 Å². The second-order valence-electron chi connectivity index (χ2n) is 6.56. The predicted octanol–water partition coefficient (Wildman–Crippen LogP) is 1.61. The Morgan fingerprint density at radius 1 is 1.48 bits per heavy atom. The number of hydrogen-bond acceptors (Lipinski definition) is 8. The number of carbonyl (C=O) groups excluding carboxylic acids is 2. The topological polar surface area (TPSA) is 101 Å². The summed E-state index contributed by atoms with van der Waals surface area (Å²) >= 11 is 1.27. The van der Waals surface area contributed by atoms with Crippen LogP contribution in [0.2, 0.25) is 0 Å². The Kier molecular flexibility index (Phi) is 3.84. The molecular weight excluding hydrogens is 320 g/mol. The Bertz CT molecular complexity index is 646. The quantitative estimate of drug-likeness (QED) is 0.656. The molecule has 0 amide bonds. The molecule has 8 heteroatoms. The highest BCUT2D eigenvalue weighted by Crippen LogP contribution is 2.52. The van der Waals surface area contributed by atoms with Gasteiger partial charge in [0, 0.05) is 18.2 Å². The Morgan fingerprint density at radius 2 is 2.22 bits per heavy atom. The Hall–Kier alpha value is -1.67. The Labute approximate surface area is 138 Å². The van der Waals surface area contributed by atoms with Gasteiger partial charge in [-0.1, -0.05) is 0 Å². The van der Waals surface area contributed by atoms with Crippen molar-refractivity contribution in [1.82, 2.24) is 4.98 Å². The maximum absolute atomic E-state index is 12.5. The minimum absolute atomic E-state index is 0.0315. The first kappa shape index (κ1) is 16.2. The van der Waals surface area contributed by atoms with Crippen molar-refractivity contribution in [2.24, 2.45) is 5.41 Å². The number of rotatable bonds is 4. The van der Waals surface area contributed by atoms with Crippen molar-refractivity contribution in [1.29, 1.82) is 0 Å². The zero-order valence-electron chi connectivity index (χ0n) is 13.3. The van der Waals surface area contributed by atoms with Gasteiger partial charge < -0.3 is 19.9 Å². The van der Waals surface area contributed by atoms with Crippen molar-refractivity contribution in [3.05, 3.63) is 11.1 Å². The van der Waals surface area contributed by atoms with E-state index in [2.05, 4.69) is 4.98 Å². The average Bonchev–Trinajstić information content (AvgIpc) is 3.09. The lowest BCUT2D eigenvalue weighted by Gasteiger charge is -2.20. The first-order valence-electron chi connectivity index (χ1n) is 7.53. The molecule has 0 bridgehead atoms. The summed E-state index contributed by atoms with van der Waals surface area (Å²) in [6.45, 7) is 5.83. The Balaban J connectivity index is 1.80. The van der Waals surface area contributed by atoms with Gasteiger partial charge in [-0.05, 0) is 20.8 Å². The van der Waals surface area contributed by atoms with Crippen LogP contribution in [-0.2, 0) is 29.4 Å². The zero-order chi connectivity index (χ0) is 16.8. The first-order chi connectivity index (χ1) is 10.7. The van der Waals surface area contributed by atoms with E-state index < -0.39 is 29.1 Å². The molecular formula is C15H20N2O5S. The monoisotopic (exact) mass is 340 g/mol. The maximum Gasteiger partial charge on any atom is 0.324 e. The number of ether oxygens (including phenoxy) is 3. The van der Waals surface area contributed by atoms with Gasteiger partial charge in [0.2, 0.25) is 0 Å². The van der Waals surface area contributed by atoms with Gasteiger partial charge in [0.15, 0.2) is 16.1 Å². The fourth-order valence-electron chi connectivity index (χ4n) is 3.14. The van der Waals surface area contributed by atoms with Gasteiger partial charge in [-0.25, -0.2) is 4.98 Å². The van der Waals surface area contributed by atoms with Gasteiger partial charge in [0.25, 0.3) is 0 Å². The average molecular weight is 340 g/mol. The molecule has 7 nitrogen and oxygen atoms in total. The lowest BCUT2D eigenvalue weighted by atomic mass is 9.78. The molecule has 1 aromatic rings. The van der Waals surface area contributed by atoms with Crippen LogP contribution in [-0.4, -0.2) is 35.7 Å². The fraction of sp³-hybridized carbons (Fsp3) is 0.667. The number of anilines is 1. The molecule has 0 aliphatic carbocycles. The number of carbonyl (C=O) groups is 2. The standard InChI is InChI=1S/C15H20N2O5S/c1-8(2)20-5-9-4-15(11(18)21-9)7-14(3,22-12(15)19)10-6-23-13(16)17-10/h6,8-9H,4-5,7H2,1-3H3,(H2,16,17)/t9-,14+,15+/m1/s1. The van der Waals surface area contributed by atoms with Crippen LogP contribution in [0.5, 0.6) is 0 Å². The lowest BCUT2D eigenvalue weighted by molar-refractivity contribution is -0.160. The highest BCUT2D eigenvalue weighted by Gasteiger charge is 2.65. The first-order valence-corrected chi connectivity index (χ1v) is 8.41. The summed E-state index contributed by atoms with van der Waals surface area (Å²) in [6.07, 6.45) is 0.0790. The van der Waals surface area contributed by atoms with Crippen LogP contribution in [0.1, 0.15) is 39.3 Å². The Morgan fingerprint density at radius 3 is 2.83 bits per heavy atom. The summed E-state index contributed by atoms with van der Waals surface area (Å²) in [5, 5.41) is 2.15. The molecule has 2 aliphatic rings. The van der Waals surface area contributed by atoms with Crippen LogP contribution in [0.25, 0.3) is 0 Å². The molecule has 0 aromatic carbocycles. The molecule has 2 fully saturated rings. The number of nitrogen functional groups attached to an aromatic ring is 1. The summed E-state index contributed by atoms with van der Waals surface area (Å²) in [4.78, 5) is 29.0. The van der Waals surface area contributed by atoms with Crippen molar-refractivity contribution in [3.8, 4) is 0 Å². The van der Waals surface area contributed by atoms with E-state index in [1.54, 1.807) is 12.3 Å². The summed E-state index contributed by atoms with van der Waals surface area (Å²) in [5.41, 5.74) is 4.00. The van der Waals surface area contributed by atoms with Gasteiger partial charge in [-0.3, -0.25) is 9.59 Å². The maximum atomic E-state index is 12.5. The van der Waals surface area contributed by atoms with Crippen LogP contribution >= 0.6 is 11.3 Å². The molecule has 2 saturated heterocycles. The van der Waals surface area contributed by atoms with Crippen molar-refractivity contribution < 1.29 is 23.8 Å². The highest BCUT2D eigenvalue weighted by atomic mass is 32.1. The molecule has 0 radical (unpaired) electrons. The van der Waals surface area contributed by atoms with E-state index in [4.69, 9.17) is 19.9 Å². The van der Waals surface area contributed by atoms with Crippen molar-refractivity contribution in [3.63, 3.8) is 0 Å². The largest absolute Gasteiger partial charge is 0.459 e. The van der Waals surface area contributed by atoms with Gasteiger partial charge >= 0.3 is 11.9 Å². The molecule has 23 heavy (non-hydrogen) atoms. The molecule has 3 rings (SSSR count). The van der Waals surface area contributed by atoms with Crippen LogP contribution in [0.3, 0.4) is 0 Å². The van der Waals surface area contributed by atoms with Crippen LogP contribution in [0.15, 0.2) is 5.38 Å².